The molecule has 488 valence electrons. The lowest BCUT2D eigenvalue weighted by atomic mass is 10.0. The van der Waals surface area contributed by atoms with Gasteiger partial charge in [0.25, 0.3) is 7.82 Å². The first-order valence-corrected chi connectivity index (χ1v) is 36.8. The van der Waals surface area contributed by atoms with Gasteiger partial charge in [-0.1, -0.05) is 304 Å². The first kappa shape index (κ1) is 81.2. The molecule has 10 heteroatoms. The zero-order valence-electron chi connectivity index (χ0n) is 55.6. The van der Waals surface area contributed by atoms with Crippen molar-refractivity contribution in [1.82, 2.24) is 0 Å². The number of phosphoric ester groups is 1. The number of esters is 2. The van der Waals surface area contributed by atoms with Gasteiger partial charge in [-0.25, -0.2) is 0 Å². The molecule has 0 amide bonds. The van der Waals surface area contributed by atoms with Gasteiger partial charge in [0.2, 0.25) is 0 Å². The van der Waals surface area contributed by atoms with Gasteiger partial charge in [0.15, 0.2) is 6.10 Å². The van der Waals surface area contributed by atoms with Gasteiger partial charge in [-0.3, -0.25) is 14.2 Å². The highest BCUT2D eigenvalue weighted by Gasteiger charge is 2.22. The Labute approximate surface area is 520 Å². The first-order valence-electron chi connectivity index (χ1n) is 35.3. The topological polar surface area (TPSA) is 111 Å². The Balaban J connectivity index is 4.00. The van der Waals surface area contributed by atoms with Crippen molar-refractivity contribution in [3.8, 4) is 0 Å². The molecule has 0 aliphatic carbocycles. The smallest absolute Gasteiger partial charge is 0.306 e. The molecular formula is C74H134NO8P. The number of hydrogen-bond donors (Lipinski definition) is 0. The number of hydrogen-bond acceptors (Lipinski definition) is 8. The molecule has 9 nitrogen and oxygen atoms in total. The summed E-state index contributed by atoms with van der Waals surface area (Å²) in [6.45, 7) is 4.14. The Morgan fingerprint density at radius 3 is 1.01 bits per heavy atom. The second kappa shape index (κ2) is 64.7. The Morgan fingerprint density at radius 1 is 0.381 bits per heavy atom. The Morgan fingerprint density at radius 2 is 0.679 bits per heavy atom. The number of quaternary nitrogens is 1. The van der Waals surface area contributed by atoms with Crippen molar-refractivity contribution in [1.29, 1.82) is 0 Å². The average Bonchev–Trinajstić information content (AvgIpc) is 3.60. The lowest BCUT2D eigenvalue weighted by molar-refractivity contribution is -0.870. The van der Waals surface area contributed by atoms with E-state index in [1.165, 1.54) is 205 Å². The molecule has 0 N–H and O–H groups in total. The molecule has 0 aliphatic rings. The standard InChI is InChI=1S/C74H134NO8P/c1-6-8-10-12-14-16-18-20-22-24-26-28-30-32-33-34-35-36-37-38-39-40-41-43-44-46-48-50-52-54-56-58-60-62-64-66-73(76)80-70-72(71-82-84(78,79)81-69-68-75(3,4)5)83-74(77)67-65-63-61-59-57-55-53-51-49-47-45-42-31-29-27-25-23-21-19-17-15-13-11-9-7-2/h9,11,15,17-18,20-21,23-24,26-27,29,42,45,72H,6-8,10,12-14,16,19,22,25,28,30-41,43-44,46-71H2,1-5H3/b11-9-,17-15-,20-18-,23-21-,26-24-,29-27-,45-42-. The van der Waals surface area contributed by atoms with Crippen LogP contribution in [-0.2, 0) is 32.7 Å². The minimum Gasteiger partial charge on any atom is -0.756 e. The maximum absolute atomic E-state index is 12.9. The monoisotopic (exact) mass is 1200 g/mol. The lowest BCUT2D eigenvalue weighted by Crippen LogP contribution is -2.37. The maximum atomic E-state index is 12.9. The highest BCUT2D eigenvalue weighted by atomic mass is 31.2. The fourth-order valence-corrected chi connectivity index (χ4v) is 10.7. The zero-order chi connectivity index (χ0) is 61.2. The van der Waals surface area contributed by atoms with Crippen LogP contribution >= 0.6 is 7.82 Å². The summed E-state index contributed by atoms with van der Waals surface area (Å²) in [6.07, 6.45) is 88.1. The van der Waals surface area contributed by atoms with Crippen LogP contribution < -0.4 is 4.89 Å². The summed E-state index contributed by atoms with van der Waals surface area (Å²) in [5, 5.41) is 0. The minimum absolute atomic E-state index is 0.0339. The van der Waals surface area contributed by atoms with Crippen LogP contribution in [0.2, 0.25) is 0 Å². The summed E-state index contributed by atoms with van der Waals surface area (Å²) in [5.74, 6) is -0.831. The predicted octanol–water partition coefficient (Wildman–Crippen LogP) is 22.3. The molecule has 0 radical (unpaired) electrons. The van der Waals surface area contributed by atoms with E-state index in [1.807, 2.05) is 21.1 Å². The molecule has 0 spiro atoms. The SMILES string of the molecule is CC/C=C\C/C=C\C/C=C\C/C=C\C/C=C\CCCCCCCCCCCC(=O)OC(COC(=O)CCCCCCCCCCCCCCCCCCCCCCCCC/C=C\C/C=C\CCCCCCC)COP(=O)([O-])OCC[N+](C)(C)C. The molecular weight excluding hydrogens is 1060 g/mol. The van der Waals surface area contributed by atoms with E-state index >= 15 is 0 Å². The fourth-order valence-electron chi connectivity index (χ4n) is 10.0. The molecule has 2 atom stereocenters. The number of phosphoric acid groups is 1. The van der Waals surface area contributed by atoms with E-state index in [1.54, 1.807) is 0 Å². The number of carbonyl (C=O) groups excluding carboxylic acids is 2. The van der Waals surface area contributed by atoms with Crippen molar-refractivity contribution in [2.75, 3.05) is 47.5 Å². The molecule has 0 heterocycles. The van der Waals surface area contributed by atoms with Gasteiger partial charge < -0.3 is 27.9 Å². The first-order chi connectivity index (χ1) is 41.0. The van der Waals surface area contributed by atoms with Crippen LogP contribution in [0.25, 0.3) is 0 Å². The van der Waals surface area contributed by atoms with Crippen LogP contribution in [0.1, 0.15) is 322 Å². The third kappa shape index (κ3) is 68.3. The van der Waals surface area contributed by atoms with Gasteiger partial charge in [0, 0.05) is 12.8 Å². The molecule has 0 aromatic carbocycles. The number of ether oxygens (including phenoxy) is 2. The van der Waals surface area contributed by atoms with Crippen molar-refractivity contribution in [3.05, 3.63) is 85.1 Å². The third-order valence-corrected chi connectivity index (χ3v) is 16.4. The summed E-state index contributed by atoms with van der Waals surface area (Å²) >= 11 is 0. The minimum atomic E-state index is -4.65. The number of carbonyl (C=O) groups is 2. The van der Waals surface area contributed by atoms with E-state index in [2.05, 4.69) is 98.9 Å². The van der Waals surface area contributed by atoms with E-state index in [-0.39, 0.29) is 32.0 Å². The average molecular weight is 1200 g/mol. The van der Waals surface area contributed by atoms with Crippen molar-refractivity contribution < 1.29 is 42.1 Å². The van der Waals surface area contributed by atoms with Crippen molar-refractivity contribution in [2.24, 2.45) is 0 Å². The summed E-state index contributed by atoms with van der Waals surface area (Å²) in [6, 6.07) is 0. The van der Waals surface area contributed by atoms with Gasteiger partial charge in [0.05, 0.1) is 27.7 Å². The highest BCUT2D eigenvalue weighted by Crippen LogP contribution is 2.38. The number of allylic oxidation sites excluding steroid dienone is 14. The molecule has 84 heavy (non-hydrogen) atoms. The summed E-state index contributed by atoms with van der Waals surface area (Å²) < 4.78 is 34.3. The summed E-state index contributed by atoms with van der Waals surface area (Å²) in [4.78, 5) is 38.1. The summed E-state index contributed by atoms with van der Waals surface area (Å²) in [5.41, 5.74) is 0. The molecule has 0 aliphatic heterocycles. The van der Waals surface area contributed by atoms with E-state index < -0.39 is 26.5 Å². The van der Waals surface area contributed by atoms with E-state index in [4.69, 9.17) is 18.5 Å². The largest absolute Gasteiger partial charge is 0.756 e. The summed E-state index contributed by atoms with van der Waals surface area (Å²) in [7, 11) is 1.17. The van der Waals surface area contributed by atoms with E-state index in [0.717, 1.165) is 83.5 Å². The molecule has 2 unspecified atom stereocenters. The lowest BCUT2D eigenvalue weighted by Gasteiger charge is -2.28. The maximum Gasteiger partial charge on any atom is 0.306 e. The van der Waals surface area contributed by atoms with Crippen LogP contribution in [0.3, 0.4) is 0 Å². The van der Waals surface area contributed by atoms with Gasteiger partial charge in [-0.05, 0) is 89.9 Å². The zero-order valence-corrected chi connectivity index (χ0v) is 56.5. The van der Waals surface area contributed by atoms with Crippen molar-refractivity contribution >= 4 is 19.8 Å². The number of nitrogens with zero attached hydrogens (tertiary/aromatic N) is 1. The number of unbranched alkanes of at least 4 members (excludes halogenated alkanes) is 37. The highest BCUT2D eigenvalue weighted by molar-refractivity contribution is 7.45. The normalized spacial score (nSPS) is 13.6. The quantitative estimate of drug-likeness (QED) is 0.0195. The van der Waals surface area contributed by atoms with Gasteiger partial charge in [0.1, 0.15) is 19.8 Å². The molecule has 0 bridgehead atoms. The molecule has 0 saturated heterocycles. The Hall–Kier alpha value is -2.81. The fraction of sp³-hybridized carbons (Fsp3) is 0.784. The second-order valence-corrected chi connectivity index (χ2v) is 26.3. The van der Waals surface area contributed by atoms with E-state index in [9.17, 15) is 19.0 Å². The Kier molecular flexibility index (Phi) is 62.5. The molecule has 0 aromatic rings. The van der Waals surface area contributed by atoms with Gasteiger partial charge in [-0.15, -0.1) is 0 Å². The molecule has 0 saturated carbocycles. The van der Waals surface area contributed by atoms with Crippen LogP contribution in [0, 0.1) is 0 Å². The van der Waals surface area contributed by atoms with Crippen LogP contribution in [0.15, 0.2) is 85.1 Å². The van der Waals surface area contributed by atoms with E-state index in [0.29, 0.717) is 17.4 Å². The van der Waals surface area contributed by atoms with Gasteiger partial charge >= 0.3 is 11.9 Å². The van der Waals surface area contributed by atoms with Crippen LogP contribution in [0.4, 0.5) is 0 Å². The number of rotatable bonds is 65. The molecule has 0 rings (SSSR count). The van der Waals surface area contributed by atoms with Crippen molar-refractivity contribution in [2.45, 2.75) is 328 Å². The van der Waals surface area contributed by atoms with Gasteiger partial charge in [-0.2, -0.15) is 0 Å². The molecule has 0 fully saturated rings. The second-order valence-electron chi connectivity index (χ2n) is 24.9. The van der Waals surface area contributed by atoms with Crippen LogP contribution in [0.5, 0.6) is 0 Å². The van der Waals surface area contributed by atoms with Crippen LogP contribution in [-0.4, -0.2) is 70.0 Å². The Bertz CT molecular complexity index is 1690. The third-order valence-electron chi connectivity index (χ3n) is 15.4. The number of likely N-dealkylation sites (N-methyl/N-ethyl adjacent to an activating group) is 1. The predicted molar refractivity (Wildman–Crippen MR) is 360 cm³/mol. The van der Waals surface area contributed by atoms with Crippen molar-refractivity contribution in [3.63, 3.8) is 0 Å². The molecule has 0 aromatic heterocycles.